The molecule has 1 N–H and O–H groups in total. The van der Waals surface area contributed by atoms with Crippen LogP contribution in [0.1, 0.15) is 17.2 Å². The minimum atomic E-state index is -0.923. The lowest BCUT2D eigenvalue weighted by Crippen LogP contribution is -2.45. The second-order valence-electron chi connectivity index (χ2n) is 7.82. The van der Waals surface area contributed by atoms with Crippen molar-refractivity contribution in [1.82, 2.24) is 30.2 Å². The molecule has 2 aromatic carbocycles. The summed E-state index contributed by atoms with van der Waals surface area (Å²) in [6, 6.07) is 17.2. The summed E-state index contributed by atoms with van der Waals surface area (Å²) in [5.41, 5.74) is 2.75. The molecule has 0 aliphatic rings. The highest BCUT2D eigenvalue weighted by atomic mass is 35.5. The van der Waals surface area contributed by atoms with Gasteiger partial charge in [-0.15, -0.1) is 5.10 Å². The van der Waals surface area contributed by atoms with Crippen LogP contribution in [0.5, 0.6) is 0 Å². The monoisotopic (exact) mass is 492 g/mol. The number of hydrogen-bond acceptors (Lipinski definition) is 6. The van der Waals surface area contributed by atoms with E-state index in [1.165, 1.54) is 9.58 Å². The van der Waals surface area contributed by atoms with E-state index in [1.807, 2.05) is 42.5 Å². The lowest BCUT2D eigenvalue weighted by Gasteiger charge is -2.31. The fraction of sp³-hybridized carbons (Fsp3) is 0.240. The number of carbonyl (C=O) groups excluding carboxylic acids is 2. The lowest BCUT2D eigenvalue weighted by atomic mass is 10.0. The Morgan fingerprint density at radius 3 is 2.60 bits per heavy atom. The van der Waals surface area contributed by atoms with Crippen molar-refractivity contribution in [1.29, 1.82) is 0 Å². The molecule has 2 amide bonds. The summed E-state index contributed by atoms with van der Waals surface area (Å²) in [5, 5.41) is 11.6. The number of rotatable bonds is 10. The quantitative estimate of drug-likeness (QED) is 0.341. The largest absolute Gasteiger partial charge is 0.383 e. The molecule has 0 radical (unpaired) electrons. The molecule has 2 heterocycles. The Labute approximate surface area is 207 Å². The predicted octanol–water partition coefficient (Wildman–Crippen LogP) is 3.01. The van der Waals surface area contributed by atoms with Crippen molar-refractivity contribution in [2.45, 2.75) is 19.1 Å². The molecule has 4 aromatic rings. The number of aromatic nitrogens is 4. The topological polar surface area (TPSA) is 102 Å². The summed E-state index contributed by atoms with van der Waals surface area (Å²) in [6.07, 6.45) is 3.18. The Bertz CT molecular complexity index is 1300. The second-order valence-corrected chi connectivity index (χ2v) is 8.22. The van der Waals surface area contributed by atoms with Crippen molar-refractivity contribution in [2.75, 3.05) is 20.3 Å². The first kappa shape index (κ1) is 24.3. The van der Waals surface area contributed by atoms with Crippen LogP contribution in [0, 0.1) is 0 Å². The third kappa shape index (κ3) is 5.82. The van der Waals surface area contributed by atoms with Gasteiger partial charge in [0.25, 0.3) is 0 Å². The number of carbonyl (C=O) groups is 2. The molecule has 0 bridgehead atoms. The molecule has 9 nitrogen and oxygen atoms in total. The van der Waals surface area contributed by atoms with Crippen molar-refractivity contribution in [3.05, 3.63) is 89.2 Å². The fourth-order valence-corrected chi connectivity index (χ4v) is 3.97. The van der Waals surface area contributed by atoms with Gasteiger partial charge in [0.15, 0.2) is 0 Å². The van der Waals surface area contributed by atoms with E-state index in [1.54, 1.807) is 37.7 Å². The highest BCUT2D eigenvalue weighted by Crippen LogP contribution is 2.26. The number of fused-ring (bicyclic) bond motifs is 1. The Balaban J connectivity index is 1.72. The van der Waals surface area contributed by atoms with E-state index in [-0.39, 0.29) is 24.9 Å². The Kier molecular flexibility index (Phi) is 8.02. The molecule has 0 aliphatic heterocycles. The molecule has 180 valence electrons. The standard InChI is InChI=1S/C25H25ClN6O3/c1-35-15-14-28-25(34)24(18-10-12-27-13-11-18)31(16-19-6-2-3-7-20(19)26)23(33)17-32-22-9-5-4-8-21(22)29-30-32/h2-13,24H,14-17H2,1H3,(H,28,34)/t24-/m0/s1. The van der Waals surface area contributed by atoms with Gasteiger partial charge in [0.1, 0.15) is 18.1 Å². The van der Waals surface area contributed by atoms with E-state index in [4.69, 9.17) is 16.3 Å². The molecule has 2 aromatic heterocycles. The molecule has 0 spiro atoms. The Hall–Kier alpha value is -3.82. The van der Waals surface area contributed by atoms with E-state index in [2.05, 4.69) is 20.6 Å². The first-order valence-corrected chi connectivity index (χ1v) is 11.4. The zero-order valence-corrected chi connectivity index (χ0v) is 19.9. The van der Waals surface area contributed by atoms with Crippen LogP contribution in [-0.4, -0.2) is 57.0 Å². The second kappa shape index (κ2) is 11.5. The highest BCUT2D eigenvalue weighted by molar-refractivity contribution is 6.31. The van der Waals surface area contributed by atoms with Gasteiger partial charge < -0.3 is 15.0 Å². The summed E-state index contributed by atoms with van der Waals surface area (Å²) < 4.78 is 6.60. The molecule has 0 saturated carbocycles. The van der Waals surface area contributed by atoms with Crippen LogP contribution in [0.2, 0.25) is 5.02 Å². The summed E-state index contributed by atoms with van der Waals surface area (Å²) in [7, 11) is 1.56. The van der Waals surface area contributed by atoms with Crippen LogP contribution < -0.4 is 5.32 Å². The molecule has 10 heteroatoms. The van der Waals surface area contributed by atoms with E-state index in [9.17, 15) is 9.59 Å². The summed E-state index contributed by atoms with van der Waals surface area (Å²) in [5.74, 6) is -0.652. The number of amides is 2. The molecule has 1 atom stereocenters. The summed E-state index contributed by atoms with van der Waals surface area (Å²) in [6.45, 7) is 0.671. The number of methoxy groups -OCH3 is 1. The third-order valence-corrected chi connectivity index (χ3v) is 5.88. The zero-order chi connectivity index (χ0) is 24.6. The molecule has 0 fully saturated rings. The molecular formula is C25H25ClN6O3. The van der Waals surface area contributed by atoms with Gasteiger partial charge in [0.05, 0.1) is 12.1 Å². The lowest BCUT2D eigenvalue weighted by molar-refractivity contribution is -0.142. The van der Waals surface area contributed by atoms with Crippen molar-refractivity contribution in [3.63, 3.8) is 0 Å². The molecule has 4 rings (SSSR count). The number of halogens is 1. The van der Waals surface area contributed by atoms with Crippen molar-refractivity contribution >= 4 is 34.4 Å². The number of hydrogen-bond donors (Lipinski definition) is 1. The minimum Gasteiger partial charge on any atom is -0.383 e. The van der Waals surface area contributed by atoms with Crippen molar-refractivity contribution in [2.24, 2.45) is 0 Å². The zero-order valence-electron chi connectivity index (χ0n) is 19.2. The molecule has 35 heavy (non-hydrogen) atoms. The van der Waals surface area contributed by atoms with Crippen LogP contribution in [0.25, 0.3) is 11.0 Å². The minimum absolute atomic E-state index is 0.0993. The molecule has 0 aliphatic carbocycles. The van der Waals surface area contributed by atoms with Crippen LogP contribution in [0.3, 0.4) is 0 Å². The maximum Gasteiger partial charge on any atom is 0.247 e. The number of pyridine rings is 1. The average Bonchev–Trinajstić information content (AvgIpc) is 3.28. The predicted molar refractivity (Wildman–Crippen MR) is 131 cm³/mol. The maximum atomic E-state index is 13.8. The van der Waals surface area contributed by atoms with Gasteiger partial charge in [0.2, 0.25) is 11.8 Å². The van der Waals surface area contributed by atoms with Gasteiger partial charge in [-0.2, -0.15) is 0 Å². The summed E-state index contributed by atoms with van der Waals surface area (Å²) in [4.78, 5) is 32.8. The number of benzene rings is 2. The normalized spacial score (nSPS) is 11.8. The first-order valence-electron chi connectivity index (χ1n) is 11.1. The average molecular weight is 493 g/mol. The van der Waals surface area contributed by atoms with Crippen LogP contribution in [0.15, 0.2) is 73.1 Å². The van der Waals surface area contributed by atoms with Gasteiger partial charge in [-0.25, -0.2) is 4.68 Å². The molecule has 0 saturated heterocycles. The number of para-hydroxylation sites is 1. The SMILES string of the molecule is COCCNC(=O)[C@H](c1ccncc1)N(Cc1ccccc1Cl)C(=O)Cn1nnc2ccccc21. The van der Waals surface area contributed by atoms with Gasteiger partial charge in [0, 0.05) is 37.6 Å². The molecular weight excluding hydrogens is 468 g/mol. The third-order valence-electron chi connectivity index (χ3n) is 5.51. The first-order chi connectivity index (χ1) is 17.1. The van der Waals surface area contributed by atoms with E-state index in [0.717, 1.165) is 11.1 Å². The number of nitrogens with one attached hydrogen (secondary N) is 1. The fourth-order valence-electron chi connectivity index (χ4n) is 3.78. The van der Waals surface area contributed by atoms with Crippen LogP contribution in [0.4, 0.5) is 0 Å². The highest BCUT2D eigenvalue weighted by Gasteiger charge is 2.32. The van der Waals surface area contributed by atoms with Gasteiger partial charge in [-0.05, 0) is 41.5 Å². The Morgan fingerprint density at radius 2 is 1.83 bits per heavy atom. The van der Waals surface area contributed by atoms with Gasteiger partial charge in [-0.3, -0.25) is 14.6 Å². The Morgan fingerprint density at radius 1 is 1.09 bits per heavy atom. The van der Waals surface area contributed by atoms with Gasteiger partial charge >= 0.3 is 0 Å². The number of nitrogens with zero attached hydrogens (tertiary/aromatic N) is 5. The van der Waals surface area contributed by atoms with E-state index in [0.29, 0.717) is 29.3 Å². The summed E-state index contributed by atoms with van der Waals surface area (Å²) >= 11 is 6.43. The van der Waals surface area contributed by atoms with Crippen LogP contribution >= 0.6 is 11.6 Å². The van der Waals surface area contributed by atoms with Crippen LogP contribution in [-0.2, 0) is 27.4 Å². The molecule has 0 unspecified atom stereocenters. The van der Waals surface area contributed by atoms with Crippen molar-refractivity contribution in [3.8, 4) is 0 Å². The number of ether oxygens (including phenoxy) is 1. The van der Waals surface area contributed by atoms with E-state index < -0.39 is 6.04 Å². The van der Waals surface area contributed by atoms with Gasteiger partial charge in [-0.1, -0.05) is 47.1 Å². The van der Waals surface area contributed by atoms with E-state index >= 15 is 0 Å². The maximum absolute atomic E-state index is 13.8. The van der Waals surface area contributed by atoms with Crippen molar-refractivity contribution < 1.29 is 14.3 Å². The smallest absolute Gasteiger partial charge is 0.247 e.